The van der Waals surface area contributed by atoms with E-state index in [0.29, 0.717) is 35.5 Å². The minimum atomic E-state index is -1.33. The van der Waals surface area contributed by atoms with Gasteiger partial charge in [0.1, 0.15) is 5.75 Å². The Morgan fingerprint density at radius 2 is 1.49 bits per heavy atom. The molecule has 0 unspecified atom stereocenters. The van der Waals surface area contributed by atoms with Crippen molar-refractivity contribution in [2.75, 3.05) is 39.3 Å². The number of phenolic OH excluding ortho intramolecular Hbond substituents is 1. The van der Waals surface area contributed by atoms with Crippen LogP contribution in [0.25, 0.3) is 10.9 Å². The number of esters is 1. The number of fused-ring (bicyclic) bond motifs is 1. The van der Waals surface area contributed by atoms with E-state index >= 15 is 0 Å². The number of aromatic nitrogens is 1. The van der Waals surface area contributed by atoms with Crippen LogP contribution in [0.1, 0.15) is 80.6 Å². The number of nitrogens with two attached hydrogens (primary N) is 1. The summed E-state index contributed by atoms with van der Waals surface area (Å²) in [6, 6.07) is 25.2. The summed E-state index contributed by atoms with van der Waals surface area (Å²) in [7, 11) is 0. The Bertz CT molecular complexity index is 1610. The molecule has 262 valence electrons. The van der Waals surface area contributed by atoms with Crippen LogP contribution in [0.4, 0.5) is 0 Å². The number of aromatic amines is 1. The van der Waals surface area contributed by atoms with Crippen LogP contribution < -0.4 is 16.6 Å². The Balaban J connectivity index is 0.897. The quantitative estimate of drug-likeness (QED) is 0.0668. The van der Waals surface area contributed by atoms with Gasteiger partial charge in [0.05, 0.1) is 18.2 Å². The summed E-state index contributed by atoms with van der Waals surface area (Å²) in [5.41, 5.74) is 7.66. The average molecular weight is 669 g/mol. The van der Waals surface area contributed by atoms with E-state index in [1.54, 1.807) is 12.1 Å². The second-order valence-corrected chi connectivity index (χ2v) is 13.4. The molecule has 9 heteroatoms. The zero-order valence-corrected chi connectivity index (χ0v) is 28.5. The number of carbonyl (C=O) groups excluding carboxylic acids is 1. The Morgan fingerprint density at radius 3 is 2.14 bits per heavy atom. The van der Waals surface area contributed by atoms with Crippen LogP contribution in [0.5, 0.6) is 5.75 Å². The van der Waals surface area contributed by atoms with Crippen molar-refractivity contribution < 1.29 is 19.7 Å². The van der Waals surface area contributed by atoms with Crippen LogP contribution in [0, 0.1) is 5.92 Å². The third-order valence-corrected chi connectivity index (χ3v) is 9.87. The van der Waals surface area contributed by atoms with Crippen molar-refractivity contribution in [3.05, 3.63) is 112 Å². The molecule has 0 radical (unpaired) electrons. The number of piperidine rings is 1. The zero-order valence-electron chi connectivity index (χ0n) is 28.5. The third kappa shape index (κ3) is 9.79. The number of carbonyl (C=O) groups is 1. The summed E-state index contributed by atoms with van der Waals surface area (Å²) in [6.45, 7) is 4.86. The van der Waals surface area contributed by atoms with Gasteiger partial charge in [0.15, 0.2) is 5.54 Å². The van der Waals surface area contributed by atoms with Gasteiger partial charge >= 0.3 is 5.97 Å². The third-order valence-electron chi connectivity index (χ3n) is 9.87. The molecule has 1 aromatic heterocycles. The lowest BCUT2D eigenvalue weighted by molar-refractivity contribution is -0.150. The Hall–Kier alpha value is -4.02. The zero-order chi connectivity index (χ0) is 34.5. The number of H-pyrrole nitrogens is 1. The lowest BCUT2D eigenvalue weighted by Crippen LogP contribution is -2.47. The minimum Gasteiger partial charge on any atom is -0.506 e. The van der Waals surface area contributed by atoms with Crippen LogP contribution >= 0.6 is 0 Å². The van der Waals surface area contributed by atoms with E-state index in [1.807, 2.05) is 60.7 Å². The number of hydrogen-bond acceptors (Lipinski definition) is 8. The van der Waals surface area contributed by atoms with E-state index in [0.717, 1.165) is 63.0 Å². The van der Waals surface area contributed by atoms with Gasteiger partial charge in [0.2, 0.25) is 5.56 Å². The summed E-state index contributed by atoms with van der Waals surface area (Å²) in [6.07, 6.45) is 9.70. The molecule has 1 aliphatic rings. The lowest BCUT2D eigenvalue weighted by atomic mass is 9.84. The average Bonchev–Trinajstić information content (AvgIpc) is 3.14. The van der Waals surface area contributed by atoms with Crippen molar-refractivity contribution >= 4 is 16.9 Å². The maximum absolute atomic E-state index is 13.4. The molecule has 6 N–H and O–H groups in total. The number of ether oxygens (including phenoxy) is 1. The lowest BCUT2D eigenvalue weighted by Gasteiger charge is -2.33. The maximum Gasteiger partial charge on any atom is 0.335 e. The maximum atomic E-state index is 13.4. The highest BCUT2D eigenvalue weighted by atomic mass is 16.5. The van der Waals surface area contributed by atoms with E-state index in [4.69, 9.17) is 10.5 Å². The van der Waals surface area contributed by atoms with Crippen LogP contribution in [-0.4, -0.2) is 65.4 Å². The Morgan fingerprint density at radius 1 is 0.878 bits per heavy atom. The van der Waals surface area contributed by atoms with Gasteiger partial charge in [-0.05, 0) is 86.6 Å². The second-order valence-electron chi connectivity index (χ2n) is 13.4. The van der Waals surface area contributed by atoms with Crippen molar-refractivity contribution in [2.45, 2.75) is 69.4 Å². The normalized spacial score (nSPS) is 15.0. The van der Waals surface area contributed by atoms with Gasteiger partial charge < -0.3 is 35.9 Å². The molecular weight excluding hydrogens is 616 g/mol. The highest BCUT2D eigenvalue weighted by Crippen LogP contribution is 2.30. The van der Waals surface area contributed by atoms with Crippen molar-refractivity contribution in [1.82, 2.24) is 15.2 Å². The molecule has 0 aliphatic carbocycles. The molecular formula is C40H52N4O5. The number of hydrogen-bond donors (Lipinski definition) is 5. The van der Waals surface area contributed by atoms with Crippen molar-refractivity contribution in [1.29, 1.82) is 0 Å². The number of likely N-dealkylation sites (tertiary alicyclic amines) is 1. The highest BCUT2D eigenvalue weighted by Gasteiger charge is 2.40. The fraction of sp³-hybridized carbons (Fsp3) is 0.450. The first-order valence-electron chi connectivity index (χ1n) is 17.9. The molecule has 9 nitrogen and oxygen atoms in total. The number of phenols is 1. The van der Waals surface area contributed by atoms with Gasteiger partial charge in [-0.25, -0.2) is 4.79 Å². The molecule has 1 saturated heterocycles. The molecule has 0 spiro atoms. The molecule has 5 rings (SSSR count). The standard InChI is InChI=1S/C40H52N4O5/c41-40(31-14-8-6-9-15-31,32-16-10-7-11-17-32)39(48)49-29-30-22-26-44(27-23-30)25-13-5-3-1-2-4-12-24-42-28-36(46)33-18-20-35(45)38-34(33)19-21-37(47)43-38/h6-11,14-21,30,36,42,45-46H,1-5,12-13,22-29,41H2,(H,43,47)/t36-/m0/s1. The fourth-order valence-corrected chi connectivity index (χ4v) is 6.86. The molecule has 0 amide bonds. The van der Waals surface area contributed by atoms with Gasteiger partial charge in [-0.3, -0.25) is 4.79 Å². The Labute approximate surface area is 289 Å². The molecule has 4 aromatic rings. The van der Waals surface area contributed by atoms with E-state index in [-0.39, 0.29) is 11.3 Å². The molecule has 1 atom stereocenters. The first kappa shape index (κ1) is 36.3. The number of nitrogens with one attached hydrogen (secondary N) is 2. The summed E-state index contributed by atoms with van der Waals surface area (Å²) >= 11 is 0. The first-order valence-corrected chi connectivity index (χ1v) is 17.9. The fourth-order valence-electron chi connectivity index (χ4n) is 6.86. The predicted molar refractivity (Wildman–Crippen MR) is 194 cm³/mol. The van der Waals surface area contributed by atoms with Crippen LogP contribution in [0.2, 0.25) is 0 Å². The summed E-state index contributed by atoms with van der Waals surface area (Å²) in [5.74, 6) is -0.0490. The summed E-state index contributed by atoms with van der Waals surface area (Å²) in [4.78, 5) is 30.2. The second kappa shape index (κ2) is 18.1. The molecule has 2 heterocycles. The number of aliphatic hydroxyl groups is 1. The van der Waals surface area contributed by atoms with E-state index in [9.17, 15) is 19.8 Å². The van der Waals surface area contributed by atoms with Gasteiger partial charge in [-0.2, -0.15) is 0 Å². The van der Waals surface area contributed by atoms with Gasteiger partial charge in [0.25, 0.3) is 0 Å². The molecule has 1 fully saturated rings. The van der Waals surface area contributed by atoms with Gasteiger partial charge in [-0.15, -0.1) is 0 Å². The Kier molecular flexibility index (Phi) is 13.4. The largest absolute Gasteiger partial charge is 0.506 e. The number of unbranched alkanes of at least 4 members (excludes halogenated alkanes) is 6. The highest BCUT2D eigenvalue weighted by molar-refractivity contribution is 5.88. The topological polar surface area (TPSA) is 141 Å². The van der Waals surface area contributed by atoms with Crippen LogP contribution in [0.3, 0.4) is 0 Å². The monoisotopic (exact) mass is 668 g/mol. The molecule has 1 aliphatic heterocycles. The van der Waals surface area contributed by atoms with Crippen LogP contribution in [0.15, 0.2) is 89.7 Å². The number of benzene rings is 3. The smallest absolute Gasteiger partial charge is 0.335 e. The number of aromatic hydroxyl groups is 1. The van der Waals surface area contributed by atoms with Crippen molar-refractivity contribution in [3.8, 4) is 5.75 Å². The number of pyridine rings is 1. The first-order chi connectivity index (χ1) is 23.9. The van der Waals surface area contributed by atoms with E-state index < -0.39 is 17.6 Å². The molecule has 49 heavy (non-hydrogen) atoms. The summed E-state index contributed by atoms with van der Waals surface area (Å²) in [5, 5.41) is 24.7. The molecule has 3 aromatic carbocycles. The number of rotatable bonds is 18. The van der Waals surface area contributed by atoms with Gasteiger partial charge in [0, 0.05) is 18.0 Å². The SMILES string of the molecule is NC(C(=O)OCC1CCN(CCCCCCCCCNC[C@H](O)c2ccc(O)c3[nH]c(=O)ccc23)CC1)(c1ccccc1)c1ccccc1. The molecule has 0 saturated carbocycles. The van der Waals surface area contributed by atoms with Crippen LogP contribution in [-0.2, 0) is 15.1 Å². The van der Waals surface area contributed by atoms with E-state index in [2.05, 4.69) is 15.2 Å². The molecule has 0 bridgehead atoms. The minimum absolute atomic E-state index is 0.00315. The number of nitrogens with zero attached hydrogens (tertiary/aromatic N) is 1. The van der Waals surface area contributed by atoms with Crippen molar-refractivity contribution in [3.63, 3.8) is 0 Å². The van der Waals surface area contributed by atoms with Gasteiger partial charge in [-0.1, -0.05) is 98.8 Å². The van der Waals surface area contributed by atoms with Crippen molar-refractivity contribution in [2.24, 2.45) is 11.7 Å². The van der Waals surface area contributed by atoms with E-state index in [1.165, 1.54) is 44.2 Å². The number of aliphatic hydroxyl groups excluding tert-OH is 1. The predicted octanol–water partition coefficient (Wildman–Crippen LogP) is 5.75. The summed E-state index contributed by atoms with van der Waals surface area (Å²) < 4.78 is 5.89.